The highest BCUT2D eigenvalue weighted by molar-refractivity contribution is 9.13. The molecule has 0 amide bonds. The molecule has 0 spiro atoms. The Hall–Kier alpha value is -1.01. The number of hydrogen-bond donors (Lipinski definition) is 0. The van der Waals surface area contributed by atoms with Crippen LogP contribution in [0.25, 0.3) is 0 Å². The fraction of sp³-hybridized carbons (Fsp3) is 0.250. The molecule has 4 nitrogen and oxygen atoms in total. The van der Waals surface area contributed by atoms with Gasteiger partial charge in [-0.15, -0.1) is 0 Å². The third-order valence-electron chi connectivity index (χ3n) is 2.53. The predicted molar refractivity (Wildman–Crippen MR) is 76.3 cm³/mol. The molecule has 2 aromatic rings. The lowest BCUT2D eigenvalue weighted by Crippen LogP contribution is -1.99. The lowest BCUT2D eigenvalue weighted by molar-refractivity contribution is 0.354. The van der Waals surface area contributed by atoms with Crippen LogP contribution in [0, 0.1) is 0 Å². The van der Waals surface area contributed by atoms with E-state index in [1.54, 1.807) is 20.5 Å². The van der Waals surface area contributed by atoms with Crippen LogP contribution in [0.15, 0.2) is 33.7 Å². The molecule has 2 rings (SSSR count). The molecule has 0 unspecified atom stereocenters. The van der Waals surface area contributed by atoms with Gasteiger partial charge in [0.15, 0.2) is 11.5 Å². The van der Waals surface area contributed by atoms with Gasteiger partial charge < -0.3 is 14.0 Å². The highest BCUT2D eigenvalue weighted by Crippen LogP contribution is 2.29. The normalized spacial score (nSPS) is 10.4. The Balaban J connectivity index is 2.27. The van der Waals surface area contributed by atoms with E-state index in [2.05, 4.69) is 36.8 Å². The molecule has 0 aliphatic heterocycles. The molecular weight excluding hydrogens is 364 g/mol. The summed E-state index contributed by atoms with van der Waals surface area (Å²) in [5.74, 6) is 1.46. The SMILES string of the molecule is COc1ccc(Cn2cnc(Br)c2Br)cc1OC. The second-order valence-corrected chi connectivity index (χ2v) is 5.15. The topological polar surface area (TPSA) is 36.3 Å². The second-order valence-electron chi connectivity index (χ2n) is 3.64. The lowest BCUT2D eigenvalue weighted by Gasteiger charge is -2.10. The highest BCUT2D eigenvalue weighted by atomic mass is 79.9. The summed E-state index contributed by atoms with van der Waals surface area (Å²) < 4.78 is 14.2. The minimum atomic E-state index is 0.708. The van der Waals surface area contributed by atoms with Crippen molar-refractivity contribution >= 4 is 31.9 Å². The summed E-state index contributed by atoms with van der Waals surface area (Å²) in [6.45, 7) is 0.708. The first-order valence-electron chi connectivity index (χ1n) is 5.22. The molecular formula is C12H12Br2N2O2. The van der Waals surface area contributed by atoms with E-state index in [4.69, 9.17) is 9.47 Å². The second kappa shape index (κ2) is 5.75. The van der Waals surface area contributed by atoms with Crippen LogP contribution in [0.3, 0.4) is 0 Å². The van der Waals surface area contributed by atoms with E-state index in [9.17, 15) is 0 Å². The minimum absolute atomic E-state index is 0.708. The Kier molecular flexibility index (Phi) is 4.29. The predicted octanol–water partition coefficient (Wildman–Crippen LogP) is 3.47. The monoisotopic (exact) mass is 374 g/mol. The van der Waals surface area contributed by atoms with E-state index in [0.717, 1.165) is 26.3 Å². The number of hydrogen-bond acceptors (Lipinski definition) is 3. The Morgan fingerprint density at radius 2 is 1.89 bits per heavy atom. The van der Waals surface area contributed by atoms with E-state index in [0.29, 0.717) is 6.54 Å². The van der Waals surface area contributed by atoms with Crippen molar-refractivity contribution in [3.05, 3.63) is 39.3 Å². The summed E-state index contributed by atoms with van der Waals surface area (Å²) in [4.78, 5) is 4.17. The molecule has 18 heavy (non-hydrogen) atoms. The molecule has 0 N–H and O–H groups in total. The van der Waals surface area contributed by atoms with Gasteiger partial charge in [0, 0.05) is 6.54 Å². The van der Waals surface area contributed by atoms with Crippen molar-refractivity contribution in [3.63, 3.8) is 0 Å². The van der Waals surface area contributed by atoms with Crippen LogP contribution in [-0.2, 0) is 6.54 Å². The van der Waals surface area contributed by atoms with E-state index in [-0.39, 0.29) is 0 Å². The largest absolute Gasteiger partial charge is 0.493 e. The zero-order valence-corrected chi connectivity index (χ0v) is 13.2. The van der Waals surface area contributed by atoms with Crippen LogP contribution in [0.2, 0.25) is 0 Å². The van der Waals surface area contributed by atoms with Gasteiger partial charge in [-0.2, -0.15) is 0 Å². The van der Waals surface area contributed by atoms with Crippen LogP contribution in [0.4, 0.5) is 0 Å². The third kappa shape index (κ3) is 2.70. The average Bonchev–Trinajstić information content (AvgIpc) is 2.70. The highest BCUT2D eigenvalue weighted by Gasteiger charge is 2.08. The number of halogens is 2. The molecule has 0 saturated carbocycles. The van der Waals surface area contributed by atoms with Gasteiger partial charge in [0.25, 0.3) is 0 Å². The molecule has 1 aromatic heterocycles. The summed E-state index contributed by atoms with van der Waals surface area (Å²) >= 11 is 6.83. The molecule has 0 aliphatic carbocycles. The smallest absolute Gasteiger partial charge is 0.161 e. The molecule has 1 heterocycles. The number of benzene rings is 1. The molecule has 6 heteroatoms. The van der Waals surface area contributed by atoms with E-state index in [1.165, 1.54) is 0 Å². The number of nitrogens with zero attached hydrogens (tertiary/aromatic N) is 2. The number of imidazole rings is 1. The first kappa shape index (κ1) is 13.4. The Morgan fingerprint density at radius 1 is 1.17 bits per heavy atom. The molecule has 0 radical (unpaired) electrons. The Labute approximate surface area is 122 Å². The first-order valence-corrected chi connectivity index (χ1v) is 6.81. The Morgan fingerprint density at radius 3 is 2.44 bits per heavy atom. The van der Waals surface area contributed by atoms with Crippen molar-refractivity contribution in [2.45, 2.75) is 6.54 Å². The van der Waals surface area contributed by atoms with Gasteiger partial charge in [0.2, 0.25) is 0 Å². The zero-order valence-electron chi connectivity index (χ0n) is 9.98. The minimum Gasteiger partial charge on any atom is -0.493 e. The van der Waals surface area contributed by atoms with Crippen LogP contribution >= 0.6 is 31.9 Å². The molecule has 0 bridgehead atoms. The van der Waals surface area contributed by atoms with Gasteiger partial charge in [0.05, 0.1) is 20.5 Å². The van der Waals surface area contributed by atoms with E-state index >= 15 is 0 Å². The van der Waals surface area contributed by atoms with Gasteiger partial charge in [-0.05, 0) is 49.6 Å². The summed E-state index contributed by atoms with van der Waals surface area (Å²) in [7, 11) is 3.26. The summed E-state index contributed by atoms with van der Waals surface area (Å²) in [5.41, 5.74) is 1.11. The van der Waals surface area contributed by atoms with Crippen LogP contribution < -0.4 is 9.47 Å². The third-order valence-corrected chi connectivity index (χ3v) is 4.48. The molecule has 0 fully saturated rings. The molecule has 0 saturated heterocycles. The van der Waals surface area contributed by atoms with Crippen molar-refractivity contribution in [1.29, 1.82) is 0 Å². The summed E-state index contributed by atoms with van der Waals surface area (Å²) in [5, 5.41) is 0. The fourth-order valence-electron chi connectivity index (χ4n) is 1.63. The van der Waals surface area contributed by atoms with E-state index in [1.807, 2.05) is 22.8 Å². The summed E-state index contributed by atoms with van der Waals surface area (Å²) in [6.07, 6.45) is 1.77. The van der Waals surface area contributed by atoms with Crippen LogP contribution in [0.1, 0.15) is 5.56 Å². The molecule has 1 aromatic carbocycles. The van der Waals surface area contributed by atoms with Gasteiger partial charge in [-0.3, -0.25) is 0 Å². The maximum atomic E-state index is 5.28. The zero-order chi connectivity index (χ0) is 13.1. The first-order chi connectivity index (χ1) is 8.65. The van der Waals surface area contributed by atoms with Gasteiger partial charge in [-0.1, -0.05) is 6.07 Å². The quantitative estimate of drug-likeness (QED) is 0.820. The fourth-order valence-corrected chi connectivity index (χ4v) is 2.27. The van der Waals surface area contributed by atoms with Crippen molar-refractivity contribution < 1.29 is 9.47 Å². The number of aromatic nitrogens is 2. The van der Waals surface area contributed by atoms with E-state index < -0.39 is 0 Å². The molecule has 96 valence electrons. The van der Waals surface area contributed by atoms with Gasteiger partial charge >= 0.3 is 0 Å². The Bertz CT molecular complexity index is 555. The van der Waals surface area contributed by atoms with Gasteiger partial charge in [0.1, 0.15) is 9.21 Å². The average molecular weight is 376 g/mol. The standard InChI is InChI=1S/C12H12Br2N2O2/c1-17-9-4-3-8(5-10(9)18-2)6-16-7-15-11(13)12(16)14/h3-5,7H,6H2,1-2H3. The maximum absolute atomic E-state index is 5.28. The number of ether oxygens (including phenoxy) is 2. The van der Waals surface area contributed by atoms with Crippen LogP contribution in [0.5, 0.6) is 11.5 Å². The van der Waals surface area contributed by atoms with Crippen molar-refractivity contribution in [1.82, 2.24) is 9.55 Å². The van der Waals surface area contributed by atoms with Crippen molar-refractivity contribution in [2.75, 3.05) is 14.2 Å². The lowest BCUT2D eigenvalue weighted by atomic mass is 10.2. The summed E-state index contributed by atoms with van der Waals surface area (Å²) in [6, 6.07) is 5.86. The van der Waals surface area contributed by atoms with Crippen molar-refractivity contribution in [3.8, 4) is 11.5 Å². The van der Waals surface area contributed by atoms with Crippen molar-refractivity contribution in [2.24, 2.45) is 0 Å². The molecule has 0 aliphatic rings. The number of rotatable bonds is 4. The number of methoxy groups -OCH3 is 2. The van der Waals surface area contributed by atoms with Crippen LogP contribution in [-0.4, -0.2) is 23.8 Å². The maximum Gasteiger partial charge on any atom is 0.161 e. The van der Waals surface area contributed by atoms with Gasteiger partial charge in [-0.25, -0.2) is 4.98 Å². The molecule has 0 atom stereocenters.